The van der Waals surface area contributed by atoms with Crippen molar-refractivity contribution in [2.75, 3.05) is 13.7 Å². The van der Waals surface area contributed by atoms with E-state index in [1.165, 1.54) is 19.4 Å². The highest BCUT2D eigenvalue weighted by Crippen LogP contribution is 2.26. The summed E-state index contributed by atoms with van der Waals surface area (Å²) in [7, 11) is 1.50. The number of nitrogens with one attached hydrogen (secondary N) is 1. The Kier molecular flexibility index (Phi) is 3.94. The maximum Gasteiger partial charge on any atom is 0.208 e. The van der Waals surface area contributed by atoms with Gasteiger partial charge in [0.1, 0.15) is 11.6 Å². The van der Waals surface area contributed by atoms with Crippen molar-refractivity contribution < 1.29 is 13.5 Å². The first-order chi connectivity index (χ1) is 8.74. The number of benzene rings is 1. The minimum absolute atomic E-state index is 0.381. The van der Waals surface area contributed by atoms with E-state index >= 15 is 0 Å². The molecule has 4 nitrogen and oxygen atoms in total. The van der Waals surface area contributed by atoms with E-state index in [1.54, 1.807) is 12.1 Å². The predicted molar refractivity (Wildman–Crippen MR) is 65.8 cm³/mol. The maximum absolute atomic E-state index is 13.8. The monoisotopic (exact) mass is 250 g/mol. The SMILES string of the molecule is CCNCc1ncc(-c2ccc(OC)cc2F)o1. The first-order valence-corrected chi connectivity index (χ1v) is 5.74. The number of nitrogens with zero attached hydrogens (tertiary/aromatic N) is 1. The lowest BCUT2D eigenvalue weighted by Crippen LogP contribution is -2.11. The predicted octanol–water partition coefficient (Wildman–Crippen LogP) is 2.60. The van der Waals surface area contributed by atoms with E-state index in [-0.39, 0.29) is 5.82 Å². The molecule has 1 N–H and O–H groups in total. The van der Waals surface area contributed by atoms with Crippen molar-refractivity contribution in [1.29, 1.82) is 0 Å². The molecule has 1 heterocycles. The number of halogens is 1. The summed E-state index contributed by atoms with van der Waals surface area (Å²) in [5, 5.41) is 3.09. The van der Waals surface area contributed by atoms with Crippen molar-refractivity contribution in [1.82, 2.24) is 10.3 Å². The third-order valence-electron chi connectivity index (χ3n) is 2.52. The fraction of sp³-hybridized carbons (Fsp3) is 0.308. The smallest absolute Gasteiger partial charge is 0.208 e. The van der Waals surface area contributed by atoms with Gasteiger partial charge in [-0.05, 0) is 18.7 Å². The Morgan fingerprint density at radius 1 is 1.44 bits per heavy atom. The fourth-order valence-corrected chi connectivity index (χ4v) is 1.57. The Hall–Kier alpha value is -1.88. The highest BCUT2D eigenvalue weighted by molar-refractivity contribution is 5.58. The third kappa shape index (κ3) is 2.68. The van der Waals surface area contributed by atoms with Crippen LogP contribution in [0, 0.1) is 5.82 Å². The van der Waals surface area contributed by atoms with E-state index in [0.29, 0.717) is 29.5 Å². The Morgan fingerprint density at radius 3 is 2.94 bits per heavy atom. The topological polar surface area (TPSA) is 47.3 Å². The number of ether oxygens (including phenoxy) is 1. The molecule has 0 atom stereocenters. The van der Waals surface area contributed by atoms with Crippen LogP contribution in [-0.2, 0) is 6.54 Å². The first kappa shape index (κ1) is 12.6. The van der Waals surface area contributed by atoms with Gasteiger partial charge < -0.3 is 14.5 Å². The van der Waals surface area contributed by atoms with Gasteiger partial charge in [0.25, 0.3) is 0 Å². The molecule has 96 valence electrons. The van der Waals surface area contributed by atoms with Gasteiger partial charge in [-0.25, -0.2) is 9.37 Å². The summed E-state index contributed by atoms with van der Waals surface area (Å²) in [6.45, 7) is 3.36. The molecule has 2 aromatic rings. The largest absolute Gasteiger partial charge is 0.497 e. The molecule has 0 fully saturated rings. The Balaban J connectivity index is 2.23. The second-order valence-corrected chi connectivity index (χ2v) is 3.74. The number of aromatic nitrogens is 1. The molecule has 0 unspecified atom stereocenters. The van der Waals surface area contributed by atoms with Crippen LogP contribution in [0.5, 0.6) is 5.75 Å². The molecular weight excluding hydrogens is 235 g/mol. The van der Waals surface area contributed by atoms with Crippen LogP contribution in [0.2, 0.25) is 0 Å². The van der Waals surface area contributed by atoms with Crippen molar-refractivity contribution in [3.05, 3.63) is 36.1 Å². The summed E-state index contributed by atoms with van der Waals surface area (Å²) in [6.07, 6.45) is 1.53. The summed E-state index contributed by atoms with van der Waals surface area (Å²) >= 11 is 0. The summed E-state index contributed by atoms with van der Waals surface area (Å²) < 4.78 is 24.2. The van der Waals surface area contributed by atoms with Crippen LogP contribution in [0.25, 0.3) is 11.3 Å². The van der Waals surface area contributed by atoms with E-state index in [1.807, 2.05) is 6.92 Å². The summed E-state index contributed by atoms with van der Waals surface area (Å²) in [5.74, 6) is 1.05. The van der Waals surface area contributed by atoms with E-state index in [4.69, 9.17) is 9.15 Å². The van der Waals surface area contributed by atoms with Crippen molar-refractivity contribution in [3.8, 4) is 17.1 Å². The standard InChI is InChI=1S/C13H15FN2O2/c1-3-15-8-13-16-7-12(18-13)10-5-4-9(17-2)6-11(10)14/h4-7,15H,3,8H2,1-2H3. The highest BCUT2D eigenvalue weighted by Gasteiger charge is 2.11. The van der Waals surface area contributed by atoms with Crippen molar-refractivity contribution >= 4 is 0 Å². The van der Waals surface area contributed by atoms with Crippen molar-refractivity contribution in [2.24, 2.45) is 0 Å². The number of hydrogen-bond donors (Lipinski definition) is 1. The van der Waals surface area contributed by atoms with Crippen LogP contribution < -0.4 is 10.1 Å². The molecule has 1 aromatic carbocycles. The van der Waals surface area contributed by atoms with E-state index in [9.17, 15) is 4.39 Å². The fourth-order valence-electron chi connectivity index (χ4n) is 1.57. The van der Waals surface area contributed by atoms with E-state index in [0.717, 1.165) is 6.54 Å². The molecule has 0 spiro atoms. The van der Waals surface area contributed by atoms with Crippen molar-refractivity contribution in [3.63, 3.8) is 0 Å². The van der Waals surface area contributed by atoms with Gasteiger partial charge in [-0.3, -0.25) is 0 Å². The third-order valence-corrected chi connectivity index (χ3v) is 2.52. The molecule has 1 aromatic heterocycles. The minimum Gasteiger partial charge on any atom is -0.497 e. The molecule has 0 saturated carbocycles. The molecule has 0 aliphatic heterocycles. The van der Waals surface area contributed by atoms with Gasteiger partial charge in [0.15, 0.2) is 5.76 Å². The maximum atomic E-state index is 13.8. The van der Waals surface area contributed by atoms with Gasteiger partial charge in [-0.15, -0.1) is 0 Å². The normalized spacial score (nSPS) is 10.6. The van der Waals surface area contributed by atoms with Crippen LogP contribution in [0.1, 0.15) is 12.8 Å². The molecule has 2 rings (SSSR count). The zero-order chi connectivity index (χ0) is 13.0. The molecule has 0 amide bonds. The number of methoxy groups -OCH3 is 1. The Morgan fingerprint density at radius 2 is 2.28 bits per heavy atom. The molecule has 5 heteroatoms. The van der Waals surface area contributed by atoms with Gasteiger partial charge in [-0.2, -0.15) is 0 Å². The van der Waals surface area contributed by atoms with Crippen LogP contribution in [0.4, 0.5) is 4.39 Å². The summed E-state index contributed by atoms with van der Waals surface area (Å²) in [5.41, 5.74) is 0.381. The number of hydrogen-bond acceptors (Lipinski definition) is 4. The molecule has 18 heavy (non-hydrogen) atoms. The average molecular weight is 250 g/mol. The van der Waals surface area contributed by atoms with Crippen LogP contribution >= 0.6 is 0 Å². The lowest BCUT2D eigenvalue weighted by Gasteiger charge is -2.02. The lowest BCUT2D eigenvalue weighted by atomic mass is 10.1. The molecular formula is C13H15FN2O2. The van der Waals surface area contributed by atoms with Gasteiger partial charge in [0.2, 0.25) is 5.89 Å². The molecule has 0 bridgehead atoms. The second kappa shape index (κ2) is 5.64. The quantitative estimate of drug-likeness (QED) is 0.886. The Bertz CT molecular complexity index is 525. The number of rotatable bonds is 5. The van der Waals surface area contributed by atoms with E-state index in [2.05, 4.69) is 10.3 Å². The van der Waals surface area contributed by atoms with Gasteiger partial charge in [-0.1, -0.05) is 6.92 Å². The number of oxazole rings is 1. The molecule has 0 aliphatic rings. The zero-order valence-electron chi connectivity index (χ0n) is 10.4. The molecule has 0 saturated heterocycles. The molecule has 0 aliphatic carbocycles. The Labute approximate surface area is 105 Å². The molecule has 0 radical (unpaired) electrons. The van der Waals surface area contributed by atoms with E-state index < -0.39 is 0 Å². The summed E-state index contributed by atoms with van der Waals surface area (Å²) in [4.78, 5) is 4.09. The van der Waals surface area contributed by atoms with Gasteiger partial charge >= 0.3 is 0 Å². The van der Waals surface area contributed by atoms with Crippen LogP contribution in [0.15, 0.2) is 28.8 Å². The second-order valence-electron chi connectivity index (χ2n) is 3.74. The average Bonchev–Trinajstić information content (AvgIpc) is 2.84. The zero-order valence-corrected chi connectivity index (χ0v) is 10.4. The summed E-state index contributed by atoms with van der Waals surface area (Å²) in [6, 6.07) is 4.62. The first-order valence-electron chi connectivity index (χ1n) is 5.74. The van der Waals surface area contributed by atoms with Gasteiger partial charge in [0.05, 0.1) is 25.4 Å². The van der Waals surface area contributed by atoms with Crippen LogP contribution in [-0.4, -0.2) is 18.6 Å². The van der Waals surface area contributed by atoms with Crippen molar-refractivity contribution in [2.45, 2.75) is 13.5 Å². The lowest BCUT2D eigenvalue weighted by molar-refractivity contribution is 0.411. The minimum atomic E-state index is -0.388. The van der Waals surface area contributed by atoms with Crippen LogP contribution in [0.3, 0.4) is 0 Å². The van der Waals surface area contributed by atoms with Gasteiger partial charge in [0, 0.05) is 6.07 Å². The highest BCUT2D eigenvalue weighted by atomic mass is 19.1.